The average molecular weight is 230 g/mol. The molecule has 0 radical (unpaired) electrons. The van der Waals surface area contributed by atoms with Crippen molar-refractivity contribution in [1.29, 1.82) is 0 Å². The first-order valence-corrected chi connectivity index (χ1v) is 4.21. The van der Waals surface area contributed by atoms with E-state index in [1.807, 2.05) is 0 Å². The summed E-state index contributed by atoms with van der Waals surface area (Å²) < 4.78 is 25.1. The van der Waals surface area contributed by atoms with Crippen molar-refractivity contribution < 1.29 is 18.5 Å². The predicted octanol–water partition coefficient (Wildman–Crippen LogP) is 2.32. The van der Waals surface area contributed by atoms with Crippen molar-refractivity contribution in [2.75, 3.05) is 5.73 Å². The predicted molar refractivity (Wildman–Crippen MR) is 52.5 cm³/mol. The van der Waals surface area contributed by atoms with Gasteiger partial charge in [-0.1, -0.05) is 0 Å². The van der Waals surface area contributed by atoms with Gasteiger partial charge in [0.1, 0.15) is 0 Å². The van der Waals surface area contributed by atoms with Gasteiger partial charge < -0.3 is 5.73 Å². The van der Waals surface area contributed by atoms with Crippen molar-refractivity contribution >= 4 is 17.2 Å². The number of carbonyl (C=O) groups is 1. The van der Waals surface area contributed by atoms with Gasteiger partial charge >= 0.3 is 0 Å². The van der Waals surface area contributed by atoms with E-state index < -0.39 is 33.9 Å². The first-order chi connectivity index (χ1) is 7.34. The number of hydrogen-bond acceptors (Lipinski definition) is 4. The van der Waals surface area contributed by atoms with Crippen molar-refractivity contribution in [2.24, 2.45) is 0 Å². The molecular formula is C9H8F2N2O3. The number of halogens is 2. The molecule has 0 unspecified atom stereocenters. The molecule has 0 heterocycles. The first-order valence-electron chi connectivity index (χ1n) is 4.21. The lowest BCUT2D eigenvalue weighted by Crippen LogP contribution is -2.06. The summed E-state index contributed by atoms with van der Waals surface area (Å²) in [5.74, 6) is -0.680. The molecule has 2 N–H and O–H groups in total. The molecule has 0 amide bonds. The van der Waals surface area contributed by atoms with Gasteiger partial charge in [-0.2, -0.15) is 0 Å². The van der Waals surface area contributed by atoms with Crippen molar-refractivity contribution in [3.8, 4) is 0 Å². The fourth-order valence-electron chi connectivity index (χ4n) is 1.32. The number of nitrogens with two attached hydrogens (primary N) is 1. The van der Waals surface area contributed by atoms with Crippen LogP contribution in [0.2, 0.25) is 0 Å². The molecule has 16 heavy (non-hydrogen) atoms. The number of benzene rings is 1. The van der Waals surface area contributed by atoms with Crippen LogP contribution in [0.5, 0.6) is 0 Å². The van der Waals surface area contributed by atoms with E-state index in [9.17, 15) is 23.7 Å². The fraction of sp³-hybridized carbons (Fsp3) is 0.222. The van der Waals surface area contributed by atoms with Gasteiger partial charge in [-0.15, -0.1) is 0 Å². The Bertz CT molecular complexity index is 460. The van der Waals surface area contributed by atoms with Gasteiger partial charge in [0.25, 0.3) is 12.1 Å². The zero-order chi connectivity index (χ0) is 12.5. The van der Waals surface area contributed by atoms with Gasteiger partial charge in [-0.3, -0.25) is 14.9 Å². The van der Waals surface area contributed by atoms with Crippen LogP contribution in [-0.4, -0.2) is 10.7 Å². The van der Waals surface area contributed by atoms with Crippen LogP contribution in [0.25, 0.3) is 0 Å². The summed E-state index contributed by atoms with van der Waals surface area (Å²) >= 11 is 0. The SMILES string of the molecule is CC(=O)c1cc(N)cc(C(F)F)c1[N+](=O)[O-]. The first kappa shape index (κ1) is 12.0. The lowest BCUT2D eigenvalue weighted by molar-refractivity contribution is -0.386. The maximum Gasteiger partial charge on any atom is 0.289 e. The lowest BCUT2D eigenvalue weighted by atomic mass is 10.0. The highest BCUT2D eigenvalue weighted by molar-refractivity contribution is 5.99. The molecule has 0 aromatic heterocycles. The second kappa shape index (κ2) is 4.21. The Morgan fingerprint density at radius 1 is 1.50 bits per heavy atom. The van der Waals surface area contributed by atoms with Crippen LogP contribution in [0, 0.1) is 10.1 Å². The molecule has 0 aliphatic rings. The molecule has 0 aliphatic carbocycles. The number of alkyl halides is 2. The molecule has 0 atom stereocenters. The van der Waals surface area contributed by atoms with Crippen LogP contribution in [0.1, 0.15) is 29.3 Å². The number of anilines is 1. The highest BCUT2D eigenvalue weighted by Crippen LogP contribution is 2.34. The third kappa shape index (κ3) is 2.13. The Hall–Kier alpha value is -2.05. The van der Waals surface area contributed by atoms with E-state index in [1.165, 1.54) is 0 Å². The summed E-state index contributed by atoms with van der Waals surface area (Å²) in [6, 6.07) is 1.82. The van der Waals surface area contributed by atoms with E-state index in [1.54, 1.807) is 0 Å². The van der Waals surface area contributed by atoms with E-state index in [4.69, 9.17) is 5.73 Å². The summed E-state index contributed by atoms with van der Waals surface area (Å²) in [4.78, 5) is 20.7. The number of rotatable bonds is 3. The van der Waals surface area contributed by atoms with Gasteiger partial charge in [0, 0.05) is 5.69 Å². The second-order valence-corrected chi connectivity index (χ2v) is 3.12. The van der Waals surface area contributed by atoms with Crippen LogP contribution in [0.15, 0.2) is 12.1 Å². The van der Waals surface area contributed by atoms with Gasteiger partial charge in [0.15, 0.2) is 5.78 Å². The molecule has 7 heteroatoms. The van der Waals surface area contributed by atoms with E-state index in [0.717, 1.165) is 19.1 Å². The Balaban J connectivity index is 3.60. The standard InChI is InChI=1S/C9H8F2N2O3/c1-4(14)6-2-5(12)3-7(9(10)11)8(6)13(15)16/h2-3,9H,12H2,1H3. The van der Waals surface area contributed by atoms with Crippen LogP contribution < -0.4 is 5.73 Å². The number of nitro groups is 1. The Morgan fingerprint density at radius 2 is 2.06 bits per heavy atom. The number of ketones is 1. The molecule has 0 saturated carbocycles. The quantitative estimate of drug-likeness (QED) is 0.373. The maximum absolute atomic E-state index is 12.5. The lowest BCUT2D eigenvalue weighted by Gasteiger charge is -2.06. The summed E-state index contributed by atoms with van der Waals surface area (Å²) in [5.41, 5.74) is 3.07. The zero-order valence-corrected chi connectivity index (χ0v) is 8.24. The largest absolute Gasteiger partial charge is 0.399 e. The van der Waals surface area contributed by atoms with Gasteiger partial charge in [-0.05, 0) is 19.1 Å². The molecule has 0 spiro atoms. The van der Waals surface area contributed by atoms with Crippen molar-refractivity contribution in [3.63, 3.8) is 0 Å². The normalized spacial score (nSPS) is 10.5. The highest BCUT2D eigenvalue weighted by atomic mass is 19.3. The molecule has 1 rings (SSSR count). The number of Topliss-reactive ketones (excluding diaryl/α,β-unsaturated/α-hetero) is 1. The summed E-state index contributed by atoms with van der Waals surface area (Å²) in [6.45, 7) is 1.05. The van der Waals surface area contributed by atoms with Crippen LogP contribution in [0.4, 0.5) is 20.2 Å². The number of carbonyl (C=O) groups excluding carboxylic acids is 1. The Kier molecular flexibility index (Phi) is 3.17. The van der Waals surface area contributed by atoms with Crippen molar-refractivity contribution in [3.05, 3.63) is 33.4 Å². The molecule has 86 valence electrons. The smallest absolute Gasteiger partial charge is 0.289 e. The third-order valence-corrected chi connectivity index (χ3v) is 1.96. The number of nitro benzene ring substituents is 1. The summed E-state index contributed by atoms with van der Waals surface area (Å²) in [7, 11) is 0. The van der Waals surface area contributed by atoms with Crippen LogP contribution in [0.3, 0.4) is 0 Å². The summed E-state index contributed by atoms with van der Waals surface area (Å²) in [5, 5.41) is 10.6. The fourth-order valence-corrected chi connectivity index (χ4v) is 1.32. The molecule has 1 aromatic rings. The Labute approximate surface area is 89.0 Å². The molecule has 0 saturated heterocycles. The van der Waals surface area contributed by atoms with Gasteiger partial charge in [0.2, 0.25) is 0 Å². The monoisotopic (exact) mass is 230 g/mol. The topological polar surface area (TPSA) is 86.2 Å². The Morgan fingerprint density at radius 3 is 2.44 bits per heavy atom. The van der Waals surface area contributed by atoms with E-state index >= 15 is 0 Å². The zero-order valence-electron chi connectivity index (χ0n) is 8.24. The molecule has 0 bridgehead atoms. The highest BCUT2D eigenvalue weighted by Gasteiger charge is 2.28. The summed E-state index contributed by atoms with van der Waals surface area (Å²) in [6.07, 6.45) is -3.05. The number of nitrogen functional groups attached to an aromatic ring is 1. The third-order valence-electron chi connectivity index (χ3n) is 1.96. The minimum Gasteiger partial charge on any atom is -0.399 e. The molecule has 0 aliphatic heterocycles. The van der Waals surface area contributed by atoms with Crippen molar-refractivity contribution in [2.45, 2.75) is 13.3 Å². The molecule has 0 fully saturated rings. The van der Waals surface area contributed by atoms with Crippen LogP contribution >= 0.6 is 0 Å². The minimum absolute atomic E-state index is 0.105. The van der Waals surface area contributed by atoms with Gasteiger partial charge in [-0.25, -0.2) is 8.78 Å². The molecular weight excluding hydrogens is 222 g/mol. The van der Waals surface area contributed by atoms with E-state index in [0.29, 0.717) is 0 Å². The van der Waals surface area contributed by atoms with E-state index in [2.05, 4.69) is 0 Å². The number of hydrogen-bond donors (Lipinski definition) is 1. The molecule has 1 aromatic carbocycles. The molecule has 5 nitrogen and oxygen atoms in total. The second-order valence-electron chi connectivity index (χ2n) is 3.12. The average Bonchev–Trinajstić information content (AvgIpc) is 2.15. The van der Waals surface area contributed by atoms with Crippen LogP contribution in [-0.2, 0) is 0 Å². The minimum atomic E-state index is -3.05. The van der Waals surface area contributed by atoms with E-state index in [-0.39, 0.29) is 5.69 Å². The number of nitrogens with zero attached hydrogens (tertiary/aromatic N) is 1. The van der Waals surface area contributed by atoms with Gasteiger partial charge in [0.05, 0.1) is 16.1 Å². The maximum atomic E-state index is 12.5. The van der Waals surface area contributed by atoms with Crippen molar-refractivity contribution in [1.82, 2.24) is 0 Å².